The molecule has 5 N–H and O–H groups in total. The number of halogens is 7. The summed E-state index contributed by atoms with van der Waals surface area (Å²) in [5.41, 5.74) is 10.2. The Morgan fingerprint density at radius 2 is 1.18 bits per heavy atom. The van der Waals surface area contributed by atoms with E-state index in [9.17, 15) is 14.4 Å². The lowest BCUT2D eigenvalue weighted by Gasteiger charge is -2.31. The van der Waals surface area contributed by atoms with Gasteiger partial charge in [-0.05, 0) is 70.0 Å². The van der Waals surface area contributed by atoms with E-state index in [0.717, 1.165) is 0 Å². The molecule has 9 rings (SSSR count). The summed E-state index contributed by atoms with van der Waals surface area (Å²) in [4.78, 5) is 64.0. The smallest absolute Gasteiger partial charge is 0.340 e. The Morgan fingerprint density at radius 3 is 1.71 bits per heavy atom. The monoisotopic (exact) mass is 1370 g/mol. The number of anilines is 2. The van der Waals surface area contributed by atoms with Crippen molar-refractivity contribution in [3.8, 4) is 0 Å². The lowest BCUT2D eigenvalue weighted by Crippen LogP contribution is -2.49. The zero-order chi connectivity index (χ0) is 52.5. The molecule has 25 heteroatoms. The van der Waals surface area contributed by atoms with E-state index >= 15 is 8.78 Å². The van der Waals surface area contributed by atoms with Gasteiger partial charge < -0.3 is 40.1 Å². The average molecular weight is 1370 g/mol. The minimum absolute atomic E-state index is 0.0610. The van der Waals surface area contributed by atoms with Gasteiger partial charge in [0.25, 0.3) is 0 Å². The number of H-pyrrole nitrogens is 1. The zero-order valence-corrected chi connectivity index (χ0v) is 46.9. The third-order valence-corrected chi connectivity index (χ3v) is 11.4. The van der Waals surface area contributed by atoms with E-state index < -0.39 is 66.2 Å². The number of benzene rings is 3. The number of aromatic amines is 1. The highest BCUT2D eigenvalue weighted by Gasteiger charge is 2.60. The lowest BCUT2D eigenvalue weighted by molar-refractivity contribution is -0.170. The maximum absolute atomic E-state index is 15.4. The number of carbonyl (C=O) groups is 3. The van der Waals surface area contributed by atoms with Crippen LogP contribution < -0.4 is 11.5 Å². The van der Waals surface area contributed by atoms with Gasteiger partial charge in [-0.15, -0.1) is 0 Å². The number of nitrogens with one attached hydrogen (secondary N) is 1. The fourth-order valence-electron chi connectivity index (χ4n) is 7.33. The summed E-state index contributed by atoms with van der Waals surface area (Å²) >= 11 is 18.8. The number of aromatic nitrogens is 8. The molecule has 7 aromatic rings. The largest absolute Gasteiger partial charge is 0.448 e. The number of nitrogens with two attached hydrogens (primary N) is 2. The van der Waals surface area contributed by atoms with Gasteiger partial charge in [-0.3, -0.25) is 4.57 Å². The molecule has 1 unspecified atom stereocenters. The molecule has 0 aliphatic carbocycles. The number of hydrogen-bond donors (Lipinski definition) is 3. The fourth-order valence-corrected chi connectivity index (χ4v) is 7.77. The summed E-state index contributed by atoms with van der Waals surface area (Å²) in [5.74, 6) is -1.96. The molecule has 18 nitrogen and oxygen atoms in total. The Labute approximate surface area is 462 Å². The molecule has 0 spiro atoms. The Balaban J connectivity index is 0.000000181. The molecule has 0 amide bonds. The maximum atomic E-state index is 15.4. The van der Waals surface area contributed by atoms with Crippen LogP contribution in [0.2, 0.25) is 10.3 Å². The summed E-state index contributed by atoms with van der Waals surface area (Å²) < 4.78 is 60.3. The van der Waals surface area contributed by atoms with E-state index in [1.807, 2.05) is 0 Å². The molecule has 2 saturated heterocycles. The van der Waals surface area contributed by atoms with Gasteiger partial charge in [-0.2, -0.15) is 19.9 Å². The molecule has 72 heavy (non-hydrogen) atoms. The highest BCUT2D eigenvalue weighted by atomic mass is 127. The van der Waals surface area contributed by atoms with Gasteiger partial charge in [-0.1, -0.05) is 159 Å². The minimum Gasteiger partial charge on any atom is -0.448 e. The molecule has 2 aliphatic rings. The molecule has 4 aromatic heterocycles. The second-order valence-corrected chi connectivity index (χ2v) is 29.6. The number of fused-ring (bicyclic) bond motifs is 2. The van der Waals surface area contributed by atoms with Crippen LogP contribution in [0.3, 0.4) is 0 Å². The van der Waals surface area contributed by atoms with Gasteiger partial charge in [0, 0.05) is 0 Å². The van der Waals surface area contributed by atoms with Crippen LogP contribution in [-0.2, 0) is 23.7 Å². The predicted octanol–water partition coefficient (Wildman–Crippen LogP) is 10.8. The lowest BCUT2D eigenvalue weighted by atomic mass is 9.96. The summed E-state index contributed by atoms with van der Waals surface area (Å²) in [6.07, 6.45) is -3.57. The first-order valence-corrected chi connectivity index (χ1v) is 25.8. The normalized spacial score (nSPS) is 23.4. The van der Waals surface area contributed by atoms with Crippen LogP contribution in [0.4, 0.5) is 20.7 Å². The van der Waals surface area contributed by atoms with Crippen molar-refractivity contribution in [3.05, 3.63) is 131 Å². The van der Waals surface area contributed by atoms with E-state index in [1.54, 1.807) is 105 Å². The quantitative estimate of drug-likeness (QED) is 0.0400. The molecule has 0 bridgehead atoms. The molecule has 2 aliphatic heterocycles. The van der Waals surface area contributed by atoms with Gasteiger partial charge in [0.1, 0.15) is 10.5 Å². The van der Waals surface area contributed by atoms with Gasteiger partial charge >= 0.3 is 17.9 Å². The highest BCUT2D eigenvalue weighted by Crippen LogP contribution is 2.46. The number of ether oxygens (including phenoxy) is 5. The van der Waals surface area contributed by atoms with E-state index in [-0.39, 0.29) is 33.8 Å². The predicted molar refractivity (Wildman–Crippen MR) is 292 cm³/mol. The van der Waals surface area contributed by atoms with Crippen LogP contribution in [0.15, 0.2) is 104 Å². The second-order valence-electron chi connectivity index (χ2n) is 16.3. The van der Waals surface area contributed by atoms with Gasteiger partial charge in [0.05, 0.1) is 41.6 Å². The topological polar surface area (TPSA) is 247 Å². The summed E-state index contributed by atoms with van der Waals surface area (Å²) in [7, 11) is 0. The zero-order valence-electron chi connectivity index (χ0n) is 38.9. The number of imidazole rings is 2. The van der Waals surface area contributed by atoms with Gasteiger partial charge in [0.15, 0.2) is 45.8 Å². The van der Waals surface area contributed by atoms with E-state index in [0.29, 0.717) is 39.7 Å². The Morgan fingerprint density at radius 1 is 0.722 bits per heavy atom. The van der Waals surface area contributed by atoms with Crippen molar-refractivity contribution in [2.24, 2.45) is 0 Å². The number of nitrogens with zero attached hydrogens (tertiary/aromatic N) is 7. The van der Waals surface area contributed by atoms with Crippen LogP contribution in [0.5, 0.6) is 0 Å². The summed E-state index contributed by atoms with van der Waals surface area (Å²) in [5, 5.41) is 0.362. The van der Waals surface area contributed by atoms with E-state index in [1.165, 1.54) is 31.1 Å². The van der Waals surface area contributed by atoms with Crippen molar-refractivity contribution >= 4 is 143 Å². The molecule has 8 atom stereocenters. The third-order valence-electron chi connectivity index (χ3n) is 10.9. The number of rotatable bonds is 9. The molecule has 382 valence electrons. The molecule has 0 saturated carbocycles. The second kappa shape index (κ2) is 24.6. The van der Waals surface area contributed by atoms with Crippen molar-refractivity contribution in [1.82, 2.24) is 39.5 Å². The highest BCUT2D eigenvalue weighted by molar-refractivity contribution is 14.3. The summed E-state index contributed by atoms with van der Waals surface area (Å²) in [6.45, 7) is 8.57. The third kappa shape index (κ3) is 13.7. The number of alkyl halides is 5. The van der Waals surface area contributed by atoms with Crippen molar-refractivity contribution < 1.29 is 46.8 Å². The minimum atomic E-state index is -1.75. The summed E-state index contributed by atoms with van der Waals surface area (Å²) in [6, 6.07) is 24.9. The van der Waals surface area contributed by atoms with Crippen molar-refractivity contribution in [1.29, 1.82) is 0 Å². The van der Waals surface area contributed by atoms with Crippen molar-refractivity contribution in [2.45, 2.75) is 95.2 Å². The van der Waals surface area contributed by atoms with E-state index in [2.05, 4.69) is 110 Å². The SMILES string of the molecule is CC(I)(I)I.CC[C@H]1OC(OC(=O)c2ccccc2)[C@](C)(OC(=O)c2ccccc2)[C@H]1F.CC[C@H]1O[C@@H](n2cnc3c(Cl)nc(N)nc32)[C@](C)(OC(=O)c2ccccc2)[C@H]1F.Nc1nc(Cl)c2[nH]cnc2n1. The first-order chi connectivity index (χ1) is 34.1. The Hall–Kier alpha value is -4.68. The molecule has 3 aromatic carbocycles. The van der Waals surface area contributed by atoms with Gasteiger partial charge in [0.2, 0.25) is 23.8 Å². The fraction of sp³-hybridized carbons (Fsp3) is 0.340. The number of esters is 3. The average Bonchev–Trinajstić information content (AvgIpc) is 4.11. The molecule has 0 radical (unpaired) electrons. The van der Waals surface area contributed by atoms with Crippen LogP contribution in [-0.4, -0.2) is 98.8 Å². The number of nitrogen functional groups attached to an aromatic ring is 2. The van der Waals surface area contributed by atoms with Crippen LogP contribution in [0.25, 0.3) is 22.3 Å². The Kier molecular flexibility index (Phi) is 19.3. The molecular formula is C47H47Cl2F2I3N10O8. The van der Waals surface area contributed by atoms with Crippen LogP contribution in [0.1, 0.15) is 84.8 Å². The number of carbonyl (C=O) groups excluding carboxylic acids is 3. The van der Waals surface area contributed by atoms with Crippen LogP contribution >= 0.6 is 91.0 Å². The van der Waals surface area contributed by atoms with Crippen molar-refractivity contribution in [3.63, 3.8) is 0 Å². The maximum Gasteiger partial charge on any atom is 0.340 e. The molecule has 6 heterocycles. The standard InChI is InChI=1S/C21H21FO5.C19H19ClFN5O3.C5H4ClN5.C2H3I3/c1-3-16-17(22)21(2,27-19(24)15-12-8-5-9-13-15)20(25-16)26-18(23)14-10-6-4-7-11-14;1-3-11-13(21)19(2,29-16(27)10-7-5-4-6-8-10)17(28-11)26-9-23-12-14(20)24-18(22)25-15(12)26;6-3-2-4(9-1-8-2)11-5(7)10-3;1-2(3,4)5/h4-13,16-17,20H,3H2,1-2H3;4-9,11,13,17H,3H2,1-2H3,(H2,22,24,25);1H,(H3,7,8,9,10,11);1H3/t16-,17+,20?,21-;11-,13+,17-,19-;;/m11../s1. The van der Waals surface area contributed by atoms with Crippen molar-refractivity contribution in [2.75, 3.05) is 11.5 Å². The Bertz CT molecular complexity index is 2960. The molecular weight excluding hydrogens is 1320 g/mol. The molecule has 2 fully saturated rings. The van der Waals surface area contributed by atoms with E-state index in [4.69, 9.17) is 58.4 Å². The number of hydrogen-bond acceptors (Lipinski definition) is 16. The van der Waals surface area contributed by atoms with Gasteiger partial charge in [-0.25, -0.2) is 33.1 Å². The van der Waals surface area contributed by atoms with Crippen LogP contribution in [0, 0.1) is 0 Å². The first-order valence-electron chi connectivity index (χ1n) is 21.8. The first kappa shape index (κ1) is 56.6.